The first-order chi connectivity index (χ1) is 23.0. The molecule has 0 aliphatic carbocycles. The van der Waals surface area contributed by atoms with Crippen LogP contribution in [0.4, 0.5) is 34.6 Å². The number of rotatable bonds is 14. The smallest absolute Gasteiger partial charge is 0.341 e. The van der Waals surface area contributed by atoms with E-state index in [0.717, 1.165) is 25.7 Å². The van der Waals surface area contributed by atoms with Crippen molar-refractivity contribution in [3.8, 4) is 11.6 Å². The van der Waals surface area contributed by atoms with Crippen molar-refractivity contribution in [2.24, 2.45) is 34.6 Å². The lowest BCUT2D eigenvalue weighted by Crippen LogP contribution is -2.09. The van der Waals surface area contributed by atoms with Crippen molar-refractivity contribution < 1.29 is 19.8 Å². The van der Waals surface area contributed by atoms with Gasteiger partial charge in [0.25, 0.3) is 0 Å². The fraction of sp³-hybridized carbons (Fsp3) is 0.357. The molecular weight excluding hydrogens is 624 g/mol. The van der Waals surface area contributed by atoms with Gasteiger partial charge in [-0.05, 0) is 25.7 Å². The molecule has 6 N–H and O–H groups in total. The average molecular weight is 659 g/mol. The zero-order chi connectivity index (χ0) is 34.5. The zero-order valence-corrected chi connectivity index (χ0v) is 26.7. The fourth-order valence-electron chi connectivity index (χ4n) is 4.70. The molecule has 0 unspecified atom stereocenters. The molecule has 5 rings (SSSR count). The maximum Gasteiger partial charge on any atom is 0.341 e. The van der Waals surface area contributed by atoms with E-state index < -0.39 is 11.9 Å². The van der Waals surface area contributed by atoms with E-state index in [1.54, 1.807) is 20.2 Å². The van der Waals surface area contributed by atoms with Crippen molar-refractivity contribution >= 4 is 46.6 Å². The Hall–Kier alpha value is -6.34. The van der Waals surface area contributed by atoms with E-state index in [0.29, 0.717) is 24.2 Å². The molecule has 20 nitrogen and oxygen atoms in total. The maximum absolute atomic E-state index is 11.6. The van der Waals surface area contributed by atoms with Crippen molar-refractivity contribution in [3.05, 3.63) is 47.3 Å². The van der Waals surface area contributed by atoms with Gasteiger partial charge >= 0.3 is 11.9 Å². The van der Waals surface area contributed by atoms with Gasteiger partial charge in [-0.25, -0.2) is 28.9 Å². The molecule has 0 aliphatic rings. The van der Waals surface area contributed by atoms with E-state index in [2.05, 4.69) is 50.8 Å². The largest absolute Gasteiger partial charge is 0.477 e. The summed E-state index contributed by atoms with van der Waals surface area (Å²) in [6.45, 7) is 4.07. The summed E-state index contributed by atoms with van der Waals surface area (Å²) in [6, 6.07) is 1.58. The van der Waals surface area contributed by atoms with Gasteiger partial charge in [-0.15, -0.1) is 20.5 Å². The number of azo groups is 2. The standard InChI is InChI=1S/C28H34N16O4/c1-5-7-9-17-21(35-37-25-15(27(45)46)12-33-41(25)3)23(29)43(39-17)19-11-20(32-14-31-19)44-24(30)22(18(40-44)10-8-6-2)36-38-26-16(28(47)48)13-34-42(26)4/h11-14H,5-10,29-30H2,1-4H3,(H,45,46)(H,47,48). The summed E-state index contributed by atoms with van der Waals surface area (Å²) in [6.07, 6.45) is 8.07. The van der Waals surface area contributed by atoms with Crippen molar-refractivity contribution in [3.63, 3.8) is 0 Å². The molecule has 0 amide bonds. The Morgan fingerprint density at radius 3 is 1.52 bits per heavy atom. The fourth-order valence-corrected chi connectivity index (χ4v) is 4.70. The van der Waals surface area contributed by atoms with Crippen LogP contribution in [-0.2, 0) is 26.9 Å². The number of aromatic carboxylic acids is 2. The predicted molar refractivity (Wildman–Crippen MR) is 171 cm³/mol. The van der Waals surface area contributed by atoms with Crippen molar-refractivity contribution in [2.45, 2.75) is 52.4 Å². The van der Waals surface area contributed by atoms with E-state index in [1.807, 2.05) is 13.8 Å². The molecule has 0 radical (unpaired) electrons. The molecule has 0 atom stereocenters. The topological polar surface area (TPSA) is 273 Å². The number of aryl methyl sites for hydroxylation is 4. The Balaban J connectivity index is 1.55. The van der Waals surface area contributed by atoms with Crippen LogP contribution in [0.25, 0.3) is 11.6 Å². The summed E-state index contributed by atoms with van der Waals surface area (Å²) in [5, 5.41) is 53.2. The van der Waals surface area contributed by atoms with Gasteiger partial charge in [0.05, 0.1) is 23.8 Å². The number of nitrogens with two attached hydrogens (primary N) is 2. The minimum absolute atomic E-state index is 0.0454. The number of nitrogens with zero attached hydrogens (tertiary/aromatic N) is 14. The van der Waals surface area contributed by atoms with Gasteiger partial charge in [0.15, 0.2) is 46.3 Å². The normalized spacial score (nSPS) is 11.8. The van der Waals surface area contributed by atoms with Crippen molar-refractivity contribution in [1.82, 2.24) is 49.1 Å². The molecule has 0 bridgehead atoms. The number of carboxylic acids is 2. The molecule has 0 saturated heterocycles. The molecular formula is C28H34N16O4. The summed E-state index contributed by atoms with van der Waals surface area (Å²) < 4.78 is 5.38. The lowest BCUT2D eigenvalue weighted by atomic mass is 10.2. The Bertz CT molecular complexity index is 1890. The number of unbranched alkanes of at least 4 members (excludes halogenated alkanes) is 2. The van der Waals surface area contributed by atoms with Gasteiger partial charge in [0, 0.05) is 20.2 Å². The van der Waals surface area contributed by atoms with E-state index in [-0.39, 0.29) is 57.4 Å². The number of hydrogen-bond acceptors (Lipinski definition) is 14. The molecule has 48 heavy (non-hydrogen) atoms. The highest BCUT2D eigenvalue weighted by Crippen LogP contribution is 2.35. The highest BCUT2D eigenvalue weighted by molar-refractivity contribution is 5.92. The molecule has 0 fully saturated rings. The van der Waals surface area contributed by atoms with Crippen LogP contribution in [0.2, 0.25) is 0 Å². The highest BCUT2D eigenvalue weighted by Gasteiger charge is 2.23. The van der Waals surface area contributed by atoms with Gasteiger partial charge in [-0.1, -0.05) is 26.7 Å². The molecule has 0 saturated carbocycles. The number of hydrogen-bond donors (Lipinski definition) is 4. The molecule has 0 aromatic carbocycles. The monoisotopic (exact) mass is 658 g/mol. The summed E-state index contributed by atoms with van der Waals surface area (Å²) >= 11 is 0. The summed E-state index contributed by atoms with van der Waals surface area (Å²) in [7, 11) is 3.11. The number of aromatic nitrogens is 10. The molecule has 250 valence electrons. The van der Waals surface area contributed by atoms with Gasteiger partial charge in [0.2, 0.25) is 0 Å². The first kappa shape index (κ1) is 33.0. The van der Waals surface area contributed by atoms with Crippen LogP contribution in [0.1, 0.15) is 71.6 Å². The zero-order valence-electron chi connectivity index (χ0n) is 26.7. The van der Waals surface area contributed by atoms with Gasteiger partial charge < -0.3 is 21.7 Å². The van der Waals surface area contributed by atoms with Crippen LogP contribution < -0.4 is 11.5 Å². The molecule has 5 heterocycles. The lowest BCUT2D eigenvalue weighted by Gasteiger charge is -2.06. The van der Waals surface area contributed by atoms with Gasteiger partial charge in [-0.2, -0.15) is 29.8 Å². The second-order valence-electron chi connectivity index (χ2n) is 10.6. The minimum Gasteiger partial charge on any atom is -0.477 e. The third kappa shape index (κ3) is 6.48. The van der Waals surface area contributed by atoms with Crippen LogP contribution in [0.3, 0.4) is 0 Å². The first-order valence-corrected chi connectivity index (χ1v) is 15.0. The van der Waals surface area contributed by atoms with Gasteiger partial charge in [0.1, 0.15) is 17.5 Å². The van der Waals surface area contributed by atoms with Crippen LogP contribution in [0.5, 0.6) is 0 Å². The third-order valence-corrected chi connectivity index (χ3v) is 7.30. The average Bonchev–Trinajstić information content (AvgIpc) is 3.80. The van der Waals surface area contributed by atoms with Crippen molar-refractivity contribution in [1.29, 1.82) is 0 Å². The third-order valence-electron chi connectivity index (χ3n) is 7.30. The highest BCUT2D eigenvalue weighted by atomic mass is 16.4. The predicted octanol–water partition coefficient (Wildman–Crippen LogP) is 4.39. The lowest BCUT2D eigenvalue weighted by molar-refractivity contribution is 0.0686. The number of anilines is 2. The Morgan fingerprint density at radius 2 is 1.15 bits per heavy atom. The summed E-state index contributed by atoms with van der Waals surface area (Å²) in [5.41, 5.74) is 14.5. The molecule has 20 heteroatoms. The molecule has 5 aromatic rings. The van der Waals surface area contributed by atoms with E-state index >= 15 is 0 Å². The van der Waals surface area contributed by atoms with Crippen molar-refractivity contribution in [2.75, 3.05) is 11.5 Å². The molecule has 5 aromatic heterocycles. The van der Waals surface area contributed by atoms with Gasteiger partial charge in [-0.3, -0.25) is 0 Å². The molecule has 0 aliphatic heterocycles. The van der Waals surface area contributed by atoms with E-state index in [9.17, 15) is 19.8 Å². The SMILES string of the molecule is CCCCc1nn(-c2cc(-n3nc(CCCC)c(N=Nc4c(C(=O)O)cnn4C)c3N)ncn2)c(N)c1N=Nc1c(C(=O)O)cnn1C. The van der Waals surface area contributed by atoms with Crippen LogP contribution >= 0.6 is 0 Å². The maximum atomic E-state index is 11.6. The number of carbonyl (C=O) groups is 2. The first-order valence-electron chi connectivity index (χ1n) is 15.0. The second kappa shape index (κ2) is 14.0. The Morgan fingerprint density at radius 1 is 0.729 bits per heavy atom. The molecule has 0 spiro atoms. The summed E-state index contributed by atoms with van der Waals surface area (Å²) in [5.74, 6) is -1.51. The van der Waals surface area contributed by atoms with Crippen LogP contribution in [0.15, 0.2) is 45.2 Å². The van der Waals surface area contributed by atoms with E-state index in [4.69, 9.17) is 11.5 Å². The van der Waals surface area contributed by atoms with Crippen LogP contribution in [-0.4, -0.2) is 71.2 Å². The quantitative estimate of drug-likeness (QED) is 0.121. The van der Waals surface area contributed by atoms with E-state index in [1.165, 1.54) is 37.4 Å². The van der Waals surface area contributed by atoms with Crippen LogP contribution in [0, 0.1) is 0 Å². The number of nitrogen functional groups attached to an aromatic ring is 2. The second-order valence-corrected chi connectivity index (χ2v) is 10.6. The summed E-state index contributed by atoms with van der Waals surface area (Å²) in [4.78, 5) is 32.0. The Kier molecular flexibility index (Phi) is 9.62. The minimum atomic E-state index is -1.19. The number of carboxylic acid groups (broad SMARTS) is 2. The Labute approximate surface area is 272 Å².